The molecule has 0 atom stereocenters. The van der Waals surface area contributed by atoms with E-state index in [-0.39, 0.29) is 5.56 Å². The molecule has 2 aromatic rings. The van der Waals surface area contributed by atoms with E-state index < -0.39 is 0 Å². The highest BCUT2D eigenvalue weighted by molar-refractivity contribution is 9.10. The molecule has 0 aromatic carbocycles. The topological polar surface area (TPSA) is 47.8 Å². The van der Waals surface area contributed by atoms with Gasteiger partial charge in [-0.25, -0.2) is 4.68 Å². The molecular weight excluding hydrogens is 270 g/mol. The van der Waals surface area contributed by atoms with Crippen LogP contribution >= 0.6 is 15.9 Å². The minimum Gasteiger partial charge on any atom is -0.268 e. The summed E-state index contributed by atoms with van der Waals surface area (Å²) in [6, 6.07) is 3.49. The lowest BCUT2D eigenvalue weighted by Gasteiger charge is -2.04. The largest absolute Gasteiger partial charge is 0.268 e. The van der Waals surface area contributed by atoms with Crippen molar-refractivity contribution in [1.82, 2.24) is 14.8 Å². The number of pyridine rings is 1. The predicted molar refractivity (Wildman–Crippen MR) is 64.3 cm³/mol. The molecule has 0 saturated carbocycles. The van der Waals surface area contributed by atoms with E-state index in [1.54, 1.807) is 24.7 Å². The van der Waals surface area contributed by atoms with Gasteiger partial charge < -0.3 is 0 Å². The van der Waals surface area contributed by atoms with Crippen LogP contribution in [0.25, 0.3) is 0 Å². The summed E-state index contributed by atoms with van der Waals surface area (Å²) in [6.07, 6.45) is 5.10. The van der Waals surface area contributed by atoms with Crippen LogP contribution in [-0.4, -0.2) is 14.8 Å². The minimum atomic E-state index is -0.0972. The molecule has 0 N–H and O–H groups in total. The molecule has 0 saturated heterocycles. The van der Waals surface area contributed by atoms with E-state index in [9.17, 15) is 4.79 Å². The Bertz CT molecular complexity index is 565. The van der Waals surface area contributed by atoms with Gasteiger partial charge in [-0.1, -0.05) is 0 Å². The average molecular weight is 280 g/mol. The van der Waals surface area contributed by atoms with Crippen LogP contribution in [0.1, 0.15) is 11.1 Å². The SMILES string of the molecule is Cc1cnn(Cc2cncc(Br)c2)c(=O)c1. The van der Waals surface area contributed by atoms with Crippen LogP contribution in [0.3, 0.4) is 0 Å². The molecule has 5 heteroatoms. The van der Waals surface area contributed by atoms with Gasteiger partial charge in [0, 0.05) is 22.9 Å². The van der Waals surface area contributed by atoms with Gasteiger partial charge in [-0.3, -0.25) is 9.78 Å². The third kappa shape index (κ3) is 2.55. The number of hydrogen-bond donors (Lipinski definition) is 0. The third-order valence-corrected chi connectivity index (χ3v) is 2.53. The van der Waals surface area contributed by atoms with Crippen LogP contribution in [0.4, 0.5) is 0 Å². The lowest BCUT2D eigenvalue weighted by molar-refractivity contribution is 0.634. The van der Waals surface area contributed by atoms with E-state index in [1.807, 2.05) is 13.0 Å². The molecule has 0 amide bonds. The van der Waals surface area contributed by atoms with Gasteiger partial charge >= 0.3 is 0 Å². The lowest BCUT2D eigenvalue weighted by Crippen LogP contribution is -2.22. The standard InChI is InChI=1S/C11H10BrN3O/c1-8-2-11(16)15(14-4-8)7-9-3-10(12)6-13-5-9/h2-6H,7H2,1H3. The van der Waals surface area contributed by atoms with Crippen LogP contribution in [0.15, 0.2) is 40.0 Å². The number of halogens is 1. The van der Waals surface area contributed by atoms with E-state index in [2.05, 4.69) is 26.0 Å². The van der Waals surface area contributed by atoms with Crippen molar-refractivity contribution in [1.29, 1.82) is 0 Å². The Morgan fingerprint density at radius 3 is 2.81 bits per heavy atom. The quantitative estimate of drug-likeness (QED) is 0.842. The maximum atomic E-state index is 11.6. The summed E-state index contributed by atoms with van der Waals surface area (Å²) < 4.78 is 2.31. The summed E-state index contributed by atoms with van der Waals surface area (Å²) >= 11 is 3.34. The zero-order valence-electron chi connectivity index (χ0n) is 8.72. The summed E-state index contributed by atoms with van der Waals surface area (Å²) in [5.41, 5.74) is 1.71. The fourth-order valence-corrected chi connectivity index (χ4v) is 1.77. The molecule has 0 fully saturated rings. The number of aromatic nitrogens is 3. The van der Waals surface area contributed by atoms with Gasteiger partial charge in [-0.2, -0.15) is 5.10 Å². The average Bonchev–Trinajstić information content (AvgIpc) is 2.22. The maximum absolute atomic E-state index is 11.6. The zero-order valence-corrected chi connectivity index (χ0v) is 10.3. The first kappa shape index (κ1) is 11.0. The van der Waals surface area contributed by atoms with E-state index in [4.69, 9.17) is 0 Å². The summed E-state index contributed by atoms with van der Waals surface area (Å²) in [5.74, 6) is 0. The van der Waals surface area contributed by atoms with Crippen molar-refractivity contribution in [3.05, 3.63) is 56.7 Å². The van der Waals surface area contributed by atoms with Crippen LogP contribution in [0, 0.1) is 6.92 Å². The predicted octanol–water partition coefficient (Wildman–Crippen LogP) is 1.76. The molecule has 4 nitrogen and oxygen atoms in total. The highest BCUT2D eigenvalue weighted by Gasteiger charge is 2.00. The second-order valence-corrected chi connectivity index (χ2v) is 4.46. The highest BCUT2D eigenvalue weighted by atomic mass is 79.9. The molecule has 0 spiro atoms. The Hall–Kier alpha value is -1.49. The molecule has 0 unspecified atom stereocenters. The normalized spacial score (nSPS) is 10.4. The lowest BCUT2D eigenvalue weighted by atomic mass is 10.3. The highest BCUT2D eigenvalue weighted by Crippen LogP contribution is 2.09. The second-order valence-electron chi connectivity index (χ2n) is 3.54. The van der Waals surface area contributed by atoms with Crippen LogP contribution in [0.2, 0.25) is 0 Å². The maximum Gasteiger partial charge on any atom is 0.267 e. The van der Waals surface area contributed by atoms with Gasteiger partial charge in [0.1, 0.15) is 0 Å². The molecule has 0 radical (unpaired) electrons. The van der Waals surface area contributed by atoms with Crippen LogP contribution < -0.4 is 5.56 Å². The molecule has 0 aliphatic carbocycles. The molecule has 2 rings (SSSR count). The van der Waals surface area contributed by atoms with Gasteiger partial charge in [0.25, 0.3) is 5.56 Å². The first-order valence-electron chi connectivity index (χ1n) is 4.78. The number of hydrogen-bond acceptors (Lipinski definition) is 3. The van der Waals surface area contributed by atoms with Crippen molar-refractivity contribution in [3.63, 3.8) is 0 Å². The van der Waals surface area contributed by atoms with E-state index in [0.717, 1.165) is 15.6 Å². The van der Waals surface area contributed by atoms with Crippen molar-refractivity contribution in [2.45, 2.75) is 13.5 Å². The van der Waals surface area contributed by atoms with Gasteiger partial charge in [0.2, 0.25) is 0 Å². The van der Waals surface area contributed by atoms with Gasteiger partial charge in [-0.15, -0.1) is 0 Å². The monoisotopic (exact) mass is 279 g/mol. The molecule has 0 bridgehead atoms. The molecule has 16 heavy (non-hydrogen) atoms. The Kier molecular flexibility index (Phi) is 3.14. The summed E-state index contributed by atoms with van der Waals surface area (Å²) in [7, 11) is 0. The first-order chi connectivity index (χ1) is 7.65. The summed E-state index contributed by atoms with van der Waals surface area (Å²) in [5, 5.41) is 4.06. The zero-order chi connectivity index (χ0) is 11.5. The fraction of sp³-hybridized carbons (Fsp3) is 0.182. The van der Waals surface area contributed by atoms with Gasteiger partial charge in [0.05, 0.1) is 12.7 Å². The second kappa shape index (κ2) is 4.57. The number of rotatable bonds is 2. The van der Waals surface area contributed by atoms with Crippen LogP contribution in [-0.2, 0) is 6.54 Å². The number of nitrogens with zero attached hydrogens (tertiary/aromatic N) is 3. The smallest absolute Gasteiger partial charge is 0.267 e. The Morgan fingerprint density at radius 2 is 2.12 bits per heavy atom. The molecular formula is C11H10BrN3O. The van der Waals surface area contributed by atoms with E-state index in [0.29, 0.717) is 6.54 Å². The summed E-state index contributed by atoms with van der Waals surface area (Å²) in [4.78, 5) is 15.6. The molecule has 0 aliphatic heterocycles. The Labute approximate surface area is 101 Å². The fourth-order valence-electron chi connectivity index (χ4n) is 1.36. The molecule has 2 heterocycles. The van der Waals surface area contributed by atoms with Crippen molar-refractivity contribution in [2.24, 2.45) is 0 Å². The van der Waals surface area contributed by atoms with Crippen molar-refractivity contribution in [2.75, 3.05) is 0 Å². The molecule has 82 valence electrons. The third-order valence-electron chi connectivity index (χ3n) is 2.10. The van der Waals surface area contributed by atoms with Crippen LogP contribution in [0.5, 0.6) is 0 Å². The van der Waals surface area contributed by atoms with E-state index >= 15 is 0 Å². The Morgan fingerprint density at radius 1 is 1.31 bits per heavy atom. The first-order valence-corrected chi connectivity index (χ1v) is 5.57. The van der Waals surface area contributed by atoms with Crippen molar-refractivity contribution in [3.8, 4) is 0 Å². The van der Waals surface area contributed by atoms with Gasteiger partial charge in [0.15, 0.2) is 0 Å². The van der Waals surface area contributed by atoms with E-state index in [1.165, 1.54) is 4.68 Å². The summed E-state index contributed by atoms with van der Waals surface area (Å²) in [6.45, 7) is 2.28. The van der Waals surface area contributed by atoms with Gasteiger partial charge in [-0.05, 0) is 40.0 Å². The van der Waals surface area contributed by atoms with Crippen molar-refractivity contribution < 1.29 is 0 Å². The Balaban J connectivity index is 2.31. The molecule has 2 aromatic heterocycles. The molecule has 0 aliphatic rings. The minimum absolute atomic E-state index is 0.0972. The van der Waals surface area contributed by atoms with Crippen molar-refractivity contribution >= 4 is 15.9 Å². The number of aryl methyl sites for hydroxylation is 1.